The van der Waals surface area contributed by atoms with Gasteiger partial charge >= 0.3 is 0 Å². The predicted octanol–water partition coefficient (Wildman–Crippen LogP) is 3.09. The molecule has 4 N–H and O–H groups in total. The zero-order chi connectivity index (χ0) is 24.5. The summed E-state index contributed by atoms with van der Waals surface area (Å²) in [6, 6.07) is 11.2. The van der Waals surface area contributed by atoms with Gasteiger partial charge in [0.2, 0.25) is 5.91 Å². The van der Waals surface area contributed by atoms with E-state index in [-0.39, 0.29) is 18.0 Å². The number of nitriles is 1. The second kappa shape index (κ2) is 11.8. The van der Waals surface area contributed by atoms with Crippen molar-refractivity contribution < 1.29 is 9.53 Å². The number of piperidine rings is 1. The molecule has 3 aromatic rings. The zero-order valence-electron chi connectivity index (χ0n) is 19.5. The summed E-state index contributed by atoms with van der Waals surface area (Å²) in [5.41, 5.74) is 2.46. The number of rotatable bonds is 9. The molecule has 0 radical (unpaired) electrons. The van der Waals surface area contributed by atoms with E-state index in [2.05, 4.69) is 36.2 Å². The van der Waals surface area contributed by atoms with Crippen LogP contribution < -0.4 is 26.0 Å². The number of hydrogen-bond acceptors (Lipinski definition) is 9. The van der Waals surface area contributed by atoms with Crippen molar-refractivity contribution >= 4 is 28.9 Å². The molecule has 0 unspecified atom stereocenters. The van der Waals surface area contributed by atoms with Gasteiger partial charge in [-0.3, -0.25) is 4.79 Å². The lowest BCUT2D eigenvalue weighted by atomic mass is 9.98. The number of nitrogens with zero attached hydrogens (tertiary/aromatic N) is 4. The van der Waals surface area contributed by atoms with E-state index in [1.54, 1.807) is 13.3 Å². The highest BCUT2D eigenvalue weighted by atomic mass is 16.5. The van der Waals surface area contributed by atoms with Crippen LogP contribution in [0.5, 0.6) is 5.75 Å². The van der Waals surface area contributed by atoms with E-state index in [4.69, 9.17) is 10.00 Å². The van der Waals surface area contributed by atoms with Gasteiger partial charge < -0.3 is 26.0 Å². The average Bonchev–Trinajstić information content (AvgIpc) is 2.89. The Morgan fingerprint density at radius 2 is 1.94 bits per heavy atom. The monoisotopic (exact) mass is 472 g/mol. The first-order valence-corrected chi connectivity index (χ1v) is 11.5. The molecule has 0 atom stereocenters. The molecule has 2 aromatic heterocycles. The molecule has 0 aliphatic carbocycles. The maximum atomic E-state index is 12.8. The van der Waals surface area contributed by atoms with Gasteiger partial charge in [0.05, 0.1) is 43.5 Å². The normalized spacial score (nSPS) is 13.5. The van der Waals surface area contributed by atoms with E-state index in [9.17, 15) is 4.79 Å². The van der Waals surface area contributed by atoms with Gasteiger partial charge in [0, 0.05) is 12.6 Å². The van der Waals surface area contributed by atoms with Crippen LogP contribution in [-0.4, -0.2) is 47.6 Å². The summed E-state index contributed by atoms with van der Waals surface area (Å²) in [7, 11) is 1.60. The van der Waals surface area contributed by atoms with Crippen LogP contribution in [0.2, 0.25) is 0 Å². The molecule has 0 spiro atoms. The van der Waals surface area contributed by atoms with Crippen molar-refractivity contribution in [2.45, 2.75) is 19.3 Å². The molecule has 3 heterocycles. The van der Waals surface area contributed by atoms with Crippen molar-refractivity contribution in [3.63, 3.8) is 0 Å². The Kier molecular flexibility index (Phi) is 8.04. The number of benzene rings is 1. The molecule has 1 aliphatic heterocycles. The summed E-state index contributed by atoms with van der Waals surface area (Å²) in [6.07, 6.45) is 6.90. The van der Waals surface area contributed by atoms with Crippen molar-refractivity contribution in [2.75, 3.05) is 42.7 Å². The molecule has 1 saturated heterocycles. The Balaban J connectivity index is 1.49. The lowest BCUT2D eigenvalue weighted by Gasteiger charge is -2.24. The van der Waals surface area contributed by atoms with Crippen molar-refractivity contribution in [1.82, 2.24) is 20.3 Å². The van der Waals surface area contributed by atoms with E-state index in [0.29, 0.717) is 29.0 Å². The number of pyridine rings is 1. The lowest BCUT2D eigenvalue weighted by molar-refractivity contribution is -0.115. The van der Waals surface area contributed by atoms with Gasteiger partial charge in [-0.1, -0.05) is 12.1 Å². The number of carbonyl (C=O) groups excluding carboxylic acids is 1. The summed E-state index contributed by atoms with van der Waals surface area (Å²) in [5.74, 6) is 2.12. The Bertz CT molecular complexity index is 1190. The van der Waals surface area contributed by atoms with Crippen molar-refractivity contribution in [3.8, 4) is 11.8 Å². The molecule has 0 bridgehead atoms. The molecule has 180 valence electrons. The first-order valence-electron chi connectivity index (χ1n) is 11.5. The molecular weight excluding hydrogens is 444 g/mol. The predicted molar refractivity (Wildman–Crippen MR) is 134 cm³/mol. The SMILES string of the molecule is COc1cccc(CC(=O)Nc2cnc(Nc3cnc(C#N)cn3)cc2NCC2CCNCC2)c1. The van der Waals surface area contributed by atoms with E-state index >= 15 is 0 Å². The smallest absolute Gasteiger partial charge is 0.228 e. The van der Waals surface area contributed by atoms with Gasteiger partial charge in [-0.2, -0.15) is 5.26 Å². The third kappa shape index (κ3) is 6.88. The molecule has 1 aliphatic rings. The summed E-state index contributed by atoms with van der Waals surface area (Å²) in [5, 5.41) is 21.9. The van der Waals surface area contributed by atoms with Crippen LogP contribution in [0.1, 0.15) is 24.1 Å². The highest BCUT2D eigenvalue weighted by Gasteiger charge is 2.15. The molecule has 35 heavy (non-hydrogen) atoms. The Morgan fingerprint density at radius 3 is 2.69 bits per heavy atom. The molecule has 4 rings (SSSR count). The van der Waals surface area contributed by atoms with Crippen LogP contribution in [0.25, 0.3) is 0 Å². The summed E-state index contributed by atoms with van der Waals surface area (Å²) < 4.78 is 5.25. The fourth-order valence-electron chi connectivity index (χ4n) is 3.85. The van der Waals surface area contributed by atoms with Gasteiger partial charge in [0.1, 0.15) is 23.5 Å². The topological polar surface area (TPSA) is 137 Å². The third-order valence-electron chi connectivity index (χ3n) is 5.74. The Morgan fingerprint density at radius 1 is 1.11 bits per heavy atom. The van der Waals surface area contributed by atoms with Crippen molar-refractivity contribution in [1.29, 1.82) is 5.26 Å². The third-order valence-corrected chi connectivity index (χ3v) is 5.74. The lowest BCUT2D eigenvalue weighted by Crippen LogP contribution is -2.31. The van der Waals surface area contributed by atoms with Gasteiger partial charge in [-0.05, 0) is 49.5 Å². The highest BCUT2D eigenvalue weighted by molar-refractivity contribution is 5.95. The number of hydrogen-bond donors (Lipinski definition) is 4. The van der Waals surface area contributed by atoms with Crippen molar-refractivity contribution in [2.24, 2.45) is 5.92 Å². The summed E-state index contributed by atoms with van der Waals surface area (Å²) in [6.45, 7) is 2.81. The van der Waals surface area contributed by atoms with Crippen LogP contribution in [0.3, 0.4) is 0 Å². The molecule has 0 saturated carbocycles. The molecule has 10 nitrogen and oxygen atoms in total. The molecule has 1 fully saturated rings. The average molecular weight is 473 g/mol. The standard InChI is InChI=1S/C25H28N8O2/c1-35-20-4-2-3-18(9-20)10-25(34)32-22-15-31-23(33-24-16-28-19(12-26)14-30-24)11-21(22)29-13-17-5-7-27-8-6-17/h2-4,9,11,14-17,27H,5-8,10,13H2,1H3,(H,32,34)(H2,29,30,31,33). The Labute approximate surface area is 204 Å². The molecular formula is C25H28N8O2. The zero-order valence-corrected chi connectivity index (χ0v) is 19.5. The fourth-order valence-corrected chi connectivity index (χ4v) is 3.85. The summed E-state index contributed by atoms with van der Waals surface area (Å²) in [4.78, 5) is 25.4. The number of anilines is 4. The van der Waals surface area contributed by atoms with Crippen LogP contribution >= 0.6 is 0 Å². The number of ether oxygens (including phenoxy) is 1. The van der Waals surface area contributed by atoms with Gasteiger partial charge in [-0.25, -0.2) is 15.0 Å². The molecule has 1 amide bonds. The van der Waals surface area contributed by atoms with Gasteiger partial charge in [0.15, 0.2) is 5.69 Å². The van der Waals surface area contributed by atoms with Gasteiger partial charge in [-0.15, -0.1) is 0 Å². The van der Waals surface area contributed by atoms with Crippen LogP contribution in [0, 0.1) is 17.2 Å². The van der Waals surface area contributed by atoms with Crippen LogP contribution in [0.4, 0.5) is 23.0 Å². The van der Waals surface area contributed by atoms with E-state index < -0.39 is 0 Å². The second-order valence-corrected chi connectivity index (χ2v) is 8.29. The van der Waals surface area contributed by atoms with E-state index in [1.165, 1.54) is 12.4 Å². The first kappa shape index (κ1) is 23.9. The van der Waals surface area contributed by atoms with Gasteiger partial charge in [0.25, 0.3) is 0 Å². The minimum absolute atomic E-state index is 0.149. The second-order valence-electron chi connectivity index (χ2n) is 8.29. The largest absolute Gasteiger partial charge is 0.497 e. The number of methoxy groups -OCH3 is 1. The molecule has 10 heteroatoms. The Hall–Kier alpha value is -4.23. The molecule has 1 aromatic carbocycles. The minimum atomic E-state index is -0.149. The van der Waals surface area contributed by atoms with E-state index in [0.717, 1.165) is 43.7 Å². The number of carbonyl (C=O) groups is 1. The quantitative estimate of drug-likeness (QED) is 0.370. The maximum absolute atomic E-state index is 12.8. The maximum Gasteiger partial charge on any atom is 0.228 e. The number of amides is 1. The fraction of sp³-hybridized carbons (Fsp3) is 0.320. The van der Waals surface area contributed by atoms with Crippen LogP contribution in [0.15, 0.2) is 48.9 Å². The highest BCUT2D eigenvalue weighted by Crippen LogP contribution is 2.27. The number of nitrogens with one attached hydrogen (secondary N) is 4. The van der Waals surface area contributed by atoms with E-state index in [1.807, 2.05) is 36.4 Å². The van der Waals surface area contributed by atoms with Crippen LogP contribution in [-0.2, 0) is 11.2 Å². The van der Waals surface area contributed by atoms with Crippen molar-refractivity contribution in [3.05, 3.63) is 60.2 Å². The minimum Gasteiger partial charge on any atom is -0.497 e. The first-order chi connectivity index (χ1) is 17.1. The number of aromatic nitrogens is 3. The summed E-state index contributed by atoms with van der Waals surface area (Å²) >= 11 is 0.